The molecule has 0 saturated heterocycles. The van der Waals surface area contributed by atoms with Crippen molar-refractivity contribution in [1.82, 2.24) is 4.31 Å². The van der Waals surface area contributed by atoms with Crippen LogP contribution in [0.3, 0.4) is 0 Å². The number of methoxy groups -OCH3 is 1. The third-order valence-electron chi connectivity index (χ3n) is 3.57. The van der Waals surface area contributed by atoms with Crippen molar-refractivity contribution in [3.8, 4) is 5.75 Å². The molecule has 1 aromatic carbocycles. The minimum atomic E-state index is -3.58. The number of nitrogens with two attached hydrogens (primary N) is 1. The lowest BCUT2D eigenvalue weighted by atomic mass is 10.1. The number of rotatable bonds is 3. The molecule has 6 heteroatoms. The summed E-state index contributed by atoms with van der Waals surface area (Å²) in [6, 6.07) is 3.14. The molecule has 0 unspecified atom stereocenters. The first-order valence-corrected chi connectivity index (χ1v) is 7.90. The molecule has 2 rings (SSSR count). The van der Waals surface area contributed by atoms with Crippen LogP contribution in [-0.2, 0) is 10.0 Å². The monoisotopic (exact) mass is 296 g/mol. The number of hydrogen-bond donors (Lipinski definition) is 1. The molecule has 20 heavy (non-hydrogen) atoms. The summed E-state index contributed by atoms with van der Waals surface area (Å²) in [5.74, 6) is 0.336. The standard InChI is InChI=1S/C14H20N2O3S/c1-10-4-6-16(7-5-10)20(17,18)14-9-12(15)11(2)8-13(14)19-3/h4,8-9H,5-7,15H2,1-3H3. The van der Waals surface area contributed by atoms with Gasteiger partial charge in [-0.15, -0.1) is 0 Å². The lowest BCUT2D eigenvalue weighted by Crippen LogP contribution is -2.34. The average Bonchev–Trinajstić information content (AvgIpc) is 2.41. The normalized spacial score (nSPS) is 16.9. The van der Waals surface area contributed by atoms with Crippen molar-refractivity contribution in [2.45, 2.75) is 25.2 Å². The van der Waals surface area contributed by atoms with Gasteiger partial charge in [0, 0.05) is 18.8 Å². The van der Waals surface area contributed by atoms with E-state index in [0.29, 0.717) is 24.5 Å². The molecule has 0 spiro atoms. The van der Waals surface area contributed by atoms with Crippen molar-refractivity contribution >= 4 is 15.7 Å². The molecule has 0 amide bonds. The van der Waals surface area contributed by atoms with Crippen LogP contribution in [0.4, 0.5) is 5.69 Å². The van der Waals surface area contributed by atoms with Gasteiger partial charge in [0.1, 0.15) is 10.6 Å². The minimum absolute atomic E-state index is 0.135. The Kier molecular flexibility index (Phi) is 4.06. The Morgan fingerprint density at radius 1 is 1.30 bits per heavy atom. The summed E-state index contributed by atoms with van der Waals surface area (Å²) in [6.07, 6.45) is 2.69. The number of anilines is 1. The van der Waals surface area contributed by atoms with E-state index in [1.807, 2.05) is 19.9 Å². The largest absolute Gasteiger partial charge is 0.495 e. The molecule has 110 valence electrons. The highest BCUT2D eigenvalue weighted by Crippen LogP contribution is 2.32. The topological polar surface area (TPSA) is 72.6 Å². The molecule has 0 aromatic heterocycles. The predicted octanol–water partition coefficient (Wildman–Crippen LogP) is 1.93. The van der Waals surface area contributed by atoms with Gasteiger partial charge in [-0.2, -0.15) is 4.31 Å². The van der Waals surface area contributed by atoms with E-state index < -0.39 is 10.0 Å². The molecular weight excluding hydrogens is 276 g/mol. The van der Waals surface area contributed by atoms with Gasteiger partial charge in [0.2, 0.25) is 10.0 Å². The van der Waals surface area contributed by atoms with Crippen molar-refractivity contribution in [2.24, 2.45) is 0 Å². The number of hydrogen-bond acceptors (Lipinski definition) is 4. The van der Waals surface area contributed by atoms with Crippen molar-refractivity contribution in [3.63, 3.8) is 0 Å². The maximum absolute atomic E-state index is 12.7. The van der Waals surface area contributed by atoms with Crippen LogP contribution in [0, 0.1) is 6.92 Å². The lowest BCUT2D eigenvalue weighted by molar-refractivity contribution is 0.393. The van der Waals surface area contributed by atoms with E-state index in [4.69, 9.17) is 10.5 Å². The highest BCUT2D eigenvalue weighted by Gasteiger charge is 2.29. The second-order valence-corrected chi connectivity index (χ2v) is 6.93. The Hall–Kier alpha value is -1.53. The Labute approximate surface area is 120 Å². The molecule has 1 aliphatic rings. The third-order valence-corrected chi connectivity index (χ3v) is 5.46. The van der Waals surface area contributed by atoms with E-state index in [9.17, 15) is 8.42 Å². The fourth-order valence-corrected chi connectivity index (χ4v) is 3.70. The van der Waals surface area contributed by atoms with Gasteiger partial charge in [0.15, 0.2) is 0 Å². The van der Waals surface area contributed by atoms with E-state index in [0.717, 1.165) is 12.0 Å². The summed E-state index contributed by atoms with van der Waals surface area (Å²) in [5.41, 5.74) is 8.31. The molecule has 0 bridgehead atoms. The molecule has 0 saturated carbocycles. The van der Waals surface area contributed by atoms with Crippen LogP contribution >= 0.6 is 0 Å². The average molecular weight is 296 g/mol. The van der Waals surface area contributed by atoms with Gasteiger partial charge in [-0.1, -0.05) is 11.6 Å². The summed E-state index contributed by atoms with van der Waals surface area (Å²) < 4.78 is 32.1. The lowest BCUT2D eigenvalue weighted by Gasteiger charge is -2.25. The molecule has 5 nitrogen and oxygen atoms in total. The minimum Gasteiger partial charge on any atom is -0.495 e. The van der Waals surface area contributed by atoms with E-state index in [-0.39, 0.29) is 4.90 Å². The first-order chi connectivity index (χ1) is 9.36. The first kappa shape index (κ1) is 14.9. The Bertz CT molecular complexity index is 651. The van der Waals surface area contributed by atoms with Crippen LogP contribution in [-0.4, -0.2) is 32.9 Å². The summed E-state index contributed by atoms with van der Waals surface area (Å²) >= 11 is 0. The van der Waals surface area contributed by atoms with Gasteiger partial charge in [-0.25, -0.2) is 8.42 Å². The molecule has 1 aromatic rings. The zero-order valence-corrected chi connectivity index (χ0v) is 12.8. The molecule has 0 atom stereocenters. The zero-order chi connectivity index (χ0) is 14.9. The maximum Gasteiger partial charge on any atom is 0.247 e. The Morgan fingerprint density at radius 2 is 2.00 bits per heavy atom. The smallest absolute Gasteiger partial charge is 0.247 e. The van der Waals surface area contributed by atoms with E-state index in [1.165, 1.54) is 23.1 Å². The summed E-state index contributed by atoms with van der Waals surface area (Å²) in [6.45, 7) is 4.71. The van der Waals surface area contributed by atoms with Gasteiger partial charge in [-0.3, -0.25) is 0 Å². The number of ether oxygens (including phenoxy) is 1. The summed E-state index contributed by atoms with van der Waals surface area (Å²) in [5, 5.41) is 0. The number of nitrogens with zero attached hydrogens (tertiary/aromatic N) is 1. The molecule has 0 aliphatic carbocycles. The van der Waals surface area contributed by atoms with Crippen molar-refractivity contribution < 1.29 is 13.2 Å². The quantitative estimate of drug-likeness (QED) is 0.683. The van der Waals surface area contributed by atoms with Gasteiger partial charge >= 0.3 is 0 Å². The highest BCUT2D eigenvalue weighted by molar-refractivity contribution is 7.89. The first-order valence-electron chi connectivity index (χ1n) is 6.46. The summed E-state index contributed by atoms with van der Waals surface area (Å²) in [7, 11) is -2.12. The van der Waals surface area contributed by atoms with Crippen LogP contribution in [0.25, 0.3) is 0 Å². The van der Waals surface area contributed by atoms with Gasteiger partial charge < -0.3 is 10.5 Å². The van der Waals surface area contributed by atoms with Crippen molar-refractivity contribution in [1.29, 1.82) is 0 Å². The molecule has 2 N–H and O–H groups in total. The van der Waals surface area contributed by atoms with Crippen LogP contribution in [0.5, 0.6) is 5.75 Å². The van der Waals surface area contributed by atoms with Crippen molar-refractivity contribution in [2.75, 3.05) is 25.9 Å². The number of aryl methyl sites for hydroxylation is 1. The zero-order valence-electron chi connectivity index (χ0n) is 12.0. The van der Waals surface area contributed by atoms with Gasteiger partial charge in [0.25, 0.3) is 0 Å². The van der Waals surface area contributed by atoms with Gasteiger partial charge in [-0.05, 0) is 38.0 Å². The van der Waals surface area contributed by atoms with Gasteiger partial charge in [0.05, 0.1) is 7.11 Å². The molecule has 0 fully saturated rings. The summed E-state index contributed by atoms with van der Waals surface area (Å²) in [4.78, 5) is 0.135. The molecule has 0 radical (unpaired) electrons. The number of benzene rings is 1. The second-order valence-electron chi connectivity index (χ2n) is 5.02. The fourth-order valence-electron chi connectivity index (χ4n) is 2.15. The number of sulfonamides is 1. The van der Waals surface area contributed by atoms with Crippen LogP contribution in [0.1, 0.15) is 18.9 Å². The van der Waals surface area contributed by atoms with E-state index >= 15 is 0 Å². The maximum atomic E-state index is 12.7. The third kappa shape index (κ3) is 2.66. The Morgan fingerprint density at radius 3 is 2.55 bits per heavy atom. The number of nitrogen functional groups attached to an aromatic ring is 1. The van der Waals surface area contributed by atoms with Crippen molar-refractivity contribution in [3.05, 3.63) is 29.3 Å². The SMILES string of the molecule is COc1cc(C)c(N)cc1S(=O)(=O)N1CC=C(C)CC1. The van der Waals surface area contributed by atoms with Crippen LogP contribution < -0.4 is 10.5 Å². The van der Waals surface area contributed by atoms with Crippen LogP contribution in [0.15, 0.2) is 28.7 Å². The second kappa shape index (κ2) is 5.46. The predicted molar refractivity (Wildman–Crippen MR) is 79.3 cm³/mol. The fraction of sp³-hybridized carbons (Fsp3) is 0.429. The van der Waals surface area contributed by atoms with Crippen LogP contribution in [0.2, 0.25) is 0 Å². The highest BCUT2D eigenvalue weighted by atomic mass is 32.2. The van der Waals surface area contributed by atoms with E-state index in [2.05, 4.69) is 0 Å². The van der Waals surface area contributed by atoms with E-state index in [1.54, 1.807) is 6.07 Å². The molecular formula is C14H20N2O3S. The molecule has 1 aliphatic heterocycles. The molecule has 1 heterocycles. The Balaban J connectivity index is 2.47.